The molecule has 1 heterocycles. The maximum absolute atomic E-state index is 6.18. The monoisotopic (exact) mass is 294 g/mol. The van der Waals surface area contributed by atoms with E-state index in [0.717, 1.165) is 18.4 Å². The topological polar surface area (TPSA) is 29.3 Å². The summed E-state index contributed by atoms with van der Waals surface area (Å²) >= 11 is 0. The Labute approximate surface area is 132 Å². The third-order valence-corrected chi connectivity index (χ3v) is 6.40. The van der Waals surface area contributed by atoms with Crippen LogP contribution >= 0.6 is 0 Å². The first-order chi connectivity index (χ1) is 9.73. The van der Waals surface area contributed by atoms with E-state index in [0.29, 0.717) is 16.9 Å². The van der Waals surface area contributed by atoms with Crippen molar-refractivity contribution in [3.8, 4) is 0 Å². The van der Waals surface area contributed by atoms with Crippen LogP contribution < -0.4 is 5.73 Å². The Hall–Kier alpha value is -0.0800. The first-order valence-corrected chi connectivity index (χ1v) is 9.17. The molecule has 0 aromatic rings. The smallest absolute Gasteiger partial charge is 0.0246 e. The van der Waals surface area contributed by atoms with Crippen molar-refractivity contribution in [2.75, 3.05) is 19.6 Å². The lowest BCUT2D eigenvalue weighted by Crippen LogP contribution is -2.51. The van der Waals surface area contributed by atoms with Gasteiger partial charge in [0.05, 0.1) is 0 Å². The molecule has 1 saturated carbocycles. The number of nitrogens with zero attached hydrogens (tertiary/aromatic N) is 1. The third kappa shape index (κ3) is 4.45. The van der Waals surface area contributed by atoms with Crippen LogP contribution in [0.2, 0.25) is 0 Å². The minimum absolute atomic E-state index is 0.484. The van der Waals surface area contributed by atoms with Gasteiger partial charge in [0, 0.05) is 12.6 Å². The van der Waals surface area contributed by atoms with E-state index >= 15 is 0 Å². The van der Waals surface area contributed by atoms with Gasteiger partial charge < -0.3 is 5.73 Å². The average Bonchev–Trinajstić information content (AvgIpc) is 2.41. The van der Waals surface area contributed by atoms with E-state index < -0.39 is 0 Å². The molecule has 0 aromatic heterocycles. The Morgan fingerprint density at radius 2 is 1.57 bits per heavy atom. The first kappa shape index (κ1) is 17.3. The fourth-order valence-electron chi connectivity index (χ4n) is 4.47. The van der Waals surface area contributed by atoms with Crippen LogP contribution in [0.3, 0.4) is 0 Å². The Kier molecular flexibility index (Phi) is 5.41. The molecule has 2 nitrogen and oxygen atoms in total. The van der Waals surface area contributed by atoms with E-state index in [9.17, 15) is 0 Å². The molecule has 0 spiro atoms. The molecule has 1 aliphatic heterocycles. The molecule has 2 fully saturated rings. The van der Waals surface area contributed by atoms with Crippen LogP contribution in [0.4, 0.5) is 0 Å². The second-order valence-corrected chi connectivity index (χ2v) is 9.48. The first-order valence-electron chi connectivity index (χ1n) is 9.17. The van der Waals surface area contributed by atoms with Gasteiger partial charge in [0.2, 0.25) is 0 Å². The third-order valence-electron chi connectivity index (χ3n) is 6.40. The lowest BCUT2D eigenvalue weighted by Gasteiger charge is -2.46. The summed E-state index contributed by atoms with van der Waals surface area (Å²) in [6.45, 7) is 15.4. The van der Waals surface area contributed by atoms with Gasteiger partial charge in [0.25, 0.3) is 0 Å². The van der Waals surface area contributed by atoms with Crippen LogP contribution in [0, 0.1) is 22.7 Å². The highest BCUT2D eigenvalue weighted by molar-refractivity contribution is 4.90. The van der Waals surface area contributed by atoms with Crippen molar-refractivity contribution in [3.63, 3.8) is 0 Å². The summed E-state index contributed by atoms with van der Waals surface area (Å²) in [4.78, 5) is 2.72. The minimum atomic E-state index is 0.484. The standard InChI is InChI=1S/C19H38N2/c1-18(2,3)16-8-6-15(7-9-16)17(14-20)21-12-10-19(4,5)11-13-21/h15-17H,6-14,20H2,1-5H3. The van der Waals surface area contributed by atoms with Crippen molar-refractivity contribution in [2.45, 2.75) is 79.2 Å². The molecule has 0 bridgehead atoms. The number of hydrogen-bond acceptors (Lipinski definition) is 2. The highest BCUT2D eigenvalue weighted by Gasteiger charge is 2.36. The van der Waals surface area contributed by atoms with E-state index in [4.69, 9.17) is 5.73 Å². The molecule has 2 rings (SSSR count). The summed E-state index contributed by atoms with van der Waals surface area (Å²) in [5.41, 5.74) is 7.21. The summed E-state index contributed by atoms with van der Waals surface area (Å²) in [5.74, 6) is 1.75. The second kappa shape index (κ2) is 6.58. The molecule has 1 atom stereocenters. The summed E-state index contributed by atoms with van der Waals surface area (Å²) in [7, 11) is 0. The number of piperidine rings is 1. The zero-order chi connectivity index (χ0) is 15.7. The fraction of sp³-hybridized carbons (Fsp3) is 1.00. The van der Waals surface area contributed by atoms with E-state index in [-0.39, 0.29) is 0 Å². The molecular formula is C19H38N2. The zero-order valence-electron chi connectivity index (χ0n) is 15.1. The van der Waals surface area contributed by atoms with Gasteiger partial charge in [0.15, 0.2) is 0 Å². The Balaban J connectivity index is 1.88. The predicted molar refractivity (Wildman–Crippen MR) is 92.3 cm³/mol. The Morgan fingerprint density at radius 1 is 1.05 bits per heavy atom. The lowest BCUT2D eigenvalue weighted by molar-refractivity contribution is 0.0432. The maximum atomic E-state index is 6.18. The SMILES string of the molecule is CC1(C)CCN(C(CN)C2CCC(C(C)(C)C)CC2)CC1. The van der Waals surface area contributed by atoms with Gasteiger partial charge in [-0.3, -0.25) is 4.90 Å². The Morgan fingerprint density at radius 3 is 2.00 bits per heavy atom. The lowest BCUT2D eigenvalue weighted by atomic mass is 9.68. The van der Waals surface area contributed by atoms with Gasteiger partial charge in [-0.1, -0.05) is 34.6 Å². The largest absolute Gasteiger partial charge is 0.329 e. The normalized spacial score (nSPS) is 32.9. The van der Waals surface area contributed by atoms with E-state index in [1.165, 1.54) is 51.6 Å². The fourth-order valence-corrected chi connectivity index (χ4v) is 4.47. The highest BCUT2D eigenvalue weighted by atomic mass is 15.2. The molecule has 2 N–H and O–H groups in total. The van der Waals surface area contributed by atoms with Gasteiger partial charge in [-0.2, -0.15) is 0 Å². The molecule has 2 heteroatoms. The Bertz CT molecular complexity index is 311. The van der Waals surface area contributed by atoms with Crippen LogP contribution in [-0.4, -0.2) is 30.6 Å². The number of hydrogen-bond donors (Lipinski definition) is 1. The minimum Gasteiger partial charge on any atom is -0.329 e. The summed E-state index contributed by atoms with van der Waals surface area (Å²) in [6.07, 6.45) is 8.27. The molecule has 0 radical (unpaired) electrons. The summed E-state index contributed by atoms with van der Waals surface area (Å²) in [6, 6.07) is 0.641. The number of nitrogens with two attached hydrogens (primary N) is 1. The van der Waals surface area contributed by atoms with E-state index in [2.05, 4.69) is 39.5 Å². The predicted octanol–water partition coefficient (Wildman–Crippen LogP) is 4.29. The van der Waals surface area contributed by atoms with Crippen molar-refractivity contribution in [2.24, 2.45) is 28.4 Å². The second-order valence-electron chi connectivity index (χ2n) is 9.48. The molecule has 1 unspecified atom stereocenters. The van der Waals surface area contributed by atoms with Crippen molar-refractivity contribution in [1.82, 2.24) is 4.90 Å². The molecule has 0 aromatic carbocycles. The number of rotatable bonds is 3. The van der Waals surface area contributed by atoms with Crippen LogP contribution in [0.5, 0.6) is 0 Å². The molecule has 0 amide bonds. The van der Waals surface area contributed by atoms with Gasteiger partial charge in [0.1, 0.15) is 0 Å². The van der Waals surface area contributed by atoms with Gasteiger partial charge in [-0.25, -0.2) is 0 Å². The van der Waals surface area contributed by atoms with Crippen molar-refractivity contribution < 1.29 is 0 Å². The zero-order valence-corrected chi connectivity index (χ0v) is 15.1. The van der Waals surface area contributed by atoms with Gasteiger partial charge >= 0.3 is 0 Å². The van der Waals surface area contributed by atoms with Crippen LogP contribution in [0.15, 0.2) is 0 Å². The van der Waals surface area contributed by atoms with Gasteiger partial charge in [-0.05, 0) is 74.3 Å². The van der Waals surface area contributed by atoms with Crippen LogP contribution in [0.1, 0.15) is 73.1 Å². The van der Waals surface area contributed by atoms with Crippen LogP contribution in [-0.2, 0) is 0 Å². The molecule has 1 saturated heterocycles. The average molecular weight is 295 g/mol. The number of likely N-dealkylation sites (tertiary alicyclic amines) is 1. The molecule has 2 aliphatic rings. The van der Waals surface area contributed by atoms with E-state index in [1.54, 1.807) is 0 Å². The molecule has 124 valence electrons. The van der Waals surface area contributed by atoms with Crippen LogP contribution in [0.25, 0.3) is 0 Å². The summed E-state index contributed by atoms with van der Waals surface area (Å²) < 4.78 is 0. The van der Waals surface area contributed by atoms with E-state index in [1.807, 2.05) is 0 Å². The van der Waals surface area contributed by atoms with Crippen molar-refractivity contribution in [1.29, 1.82) is 0 Å². The quantitative estimate of drug-likeness (QED) is 0.841. The van der Waals surface area contributed by atoms with Gasteiger partial charge in [-0.15, -0.1) is 0 Å². The molecule has 21 heavy (non-hydrogen) atoms. The highest BCUT2D eigenvalue weighted by Crippen LogP contribution is 2.42. The van der Waals surface area contributed by atoms with Crippen molar-refractivity contribution in [3.05, 3.63) is 0 Å². The molecular weight excluding hydrogens is 256 g/mol. The van der Waals surface area contributed by atoms with Crippen molar-refractivity contribution >= 4 is 0 Å². The molecule has 1 aliphatic carbocycles. The maximum Gasteiger partial charge on any atom is 0.0246 e. The summed E-state index contributed by atoms with van der Waals surface area (Å²) in [5, 5.41) is 0.